The molecule has 0 saturated carbocycles. The van der Waals surface area contributed by atoms with Gasteiger partial charge in [0.15, 0.2) is 14.6 Å². The summed E-state index contributed by atoms with van der Waals surface area (Å²) < 4.78 is 31.9. The minimum Gasteiger partial charge on any atom is -0.465 e. The SMILES string of the molecule is C#CCn1c(=NC(=O)CS(=O)(=O)CC(=O)Nc2sc3c(c2C(=O)OC)CCC3)sc2cc([N+](=O)[O-])ccc21. The molecule has 3 aromatic rings. The van der Waals surface area contributed by atoms with Gasteiger partial charge in [-0.05, 0) is 30.9 Å². The van der Waals surface area contributed by atoms with E-state index in [9.17, 15) is 32.9 Å². The zero-order valence-electron chi connectivity index (χ0n) is 19.9. The molecule has 0 unspecified atom stereocenters. The third-order valence-corrected chi connectivity index (χ3v) is 9.24. The molecule has 4 rings (SSSR count). The van der Waals surface area contributed by atoms with Crippen LogP contribution in [0.1, 0.15) is 27.2 Å². The van der Waals surface area contributed by atoms with Gasteiger partial charge in [-0.15, -0.1) is 17.8 Å². The average molecular weight is 577 g/mol. The maximum absolute atomic E-state index is 12.6. The number of esters is 1. The van der Waals surface area contributed by atoms with Crippen LogP contribution in [0.4, 0.5) is 10.7 Å². The number of thiazole rings is 1. The third-order valence-electron chi connectivity index (χ3n) is 5.61. The second kappa shape index (κ2) is 10.9. The fraction of sp³-hybridized carbons (Fsp3) is 0.304. The first-order valence-electron chi connectivity index (χ1n) is 11.0. The number of rotatable bonds is 8. The number of fused-ring (bicyclic) bond motifs is 2. The number of carbonyl (C=O) groups excluding carboxylic acids is 3. The Morgan fingerprint density at radius 3 is 2.71 bits per heavy atom. The summed E-state index contributed by atoms with van der Waals surface area (Å²) in [5, 5.41) is 13.8. The lowest BCUT2D eigenvalue weighted by molar-refractivity contribution is -0.384. The Kier molecular flexibility index (Phi) is 7.76. The van der Waals surface area contributed by atoms with E-state index in [0.29, 0.717) is 16.6 Å². The van der Waals surface area contributed by atoms with Crippen LogP contribution in [-0.4, -0.2) is 54.3 Å². The lowest BCUT2D eigenvalue weighted by Gasteiger charge is -2.07. The van der Waals surface area contributed by atoms with Crippen LogP contribution in [-0.2, 0) is 43.5 Å². The van der Waals surface area contributed by atoms with E-state index in [2.05, 4.69) is 16.2 Å². The number of carbonyl (C=O) groups is 3. The highest BCUT2D eigenvalue weighted by molar-refractivity contribution is 7.92. The first-order valence-corrected chi connectivity index (χ1v) is 14.5. The van der Waals surface area contributed by atoms with E-state index < -0.39 is 44.0 Å². The number of nitro groups is 1. The number of nitrogens with zero attached hydrogens (tertiary/aromatic N) is 3. The van der Waals surface area contributed by atoms with E-state index in [-0.39, 0.29) is 27.6 Å². The van der Waals surface area contributed by atoms with Crippen molar-refractivity contribution in [2.24, 2.45) is 4.99 Å². The zero-order chi connectivity index (χ0) is 27.6. The minimum atomic E-state index is -4.23. The maximum atomic E-state index is 12.6. The first kappa shape index (κ1) is 27.2. The Labute approximate surface area is 224 Å². The summed E-state index contributed by atoms with van der Waals surface area (Å²) in [4.78, 5) is 52.7. The topological polar surface area (TPSA) is 167 Å². The molecular formula is C23H20N4O8S3. The van der Waals surface area contributed by atoms with E-state index >= 15 is 0 Å². The van der Waals surface area contributed by atoms with Crippen molar-refractivity contribution in [3.63, 3.8) is 0 Å². The second-order valence-corrected chi connectivity index (χ2v) is 12.4. The van der Waals surface area contributed by atoms with Crippen molar-refractivity contribution in [1.29, 1.82) is 0 Å². The largest absolute Gasteiger partial charge is 0.465 e. The standard InChI is InChI=1S/C23H20N4O8S3/c1-3-9-26-15-8-7-13(27(31)32)10-17(15)37-23(26)25-19(29)12-38(33,34)11-18(28)24-21-20(22(30)35-2)14-5-4-6-16(14)36-21/h1,7-8,10H,4-6,9,11-12H2,2H3,(H,24,28). The van der Waals surface area contributed by atoms with Crippen LogP contribution in [0.25, 0.3) is 10.2 Å². The number of non-ortho nitro benzene ring substituents is 1. The van der Waals surface area contributed by atoms with Crippen molar-refractivity contribution in [3.8, 4) is 12.3 Å². The monoisotopic (exact) mass is 576 g/mol. The van der Waals surface area contributed by atoms with E-state index in [1.54, 1.807) is 0 Å². The number of hydrogen-bond donors (Lipinski definition) is 1. The Morgan fingerprint density at radius 1 is 1.26 bits per heavy atom. The van der Waals surface area contributed by atoms with Gasteiger partial charge in [-0.25, -0.2) is 13.2 Å². The number of aryl methyl sites for hydroxylation is 1. The Hall–Kier alpha value is -3.87. The normalized spacial score (nSPS) is 13.2. The van der Waals surface area contributed by atoms with Gasteiger partial charge in [0.2, 0.25) is 5.91 Å². The molecule has 0 fully saturated rings. The van der Waals surface area contributed by atoms with Crippen molar-refractivity contribution in [1.82, 2.24) is 4.57 Å². The summed E-state index contributed by atoms with van der Waals surface area (Å²) in [6.45, 7) is -0.00754. The van der Waals surface area contributed by atoms with Crippen LogP contribution >= 0.6 is 22.7 Å². The van der Waals surface area contributed by atoms with Gasteiger partial charge in [0.1, 0.15) is 16.5 Å². The summed E-state index contributed by atoms with van der Waals surface area (Å²) >= 11 is 2.14. The van der Waals surface area contributed by atoms with Gasteiger partial charge in [0, 0.05) is 17.0 Å². The summed E-state index contributed by atoms with van der Waals surface area (Å²) in [5.41, 5.74) is 1.36. The maximum Gasteiger partial charge on any atom is 0.341 e. The van der Waals surface area contributed by atoms with Crippen molar-refractivity contribution in [3.05, 3.63) is 49.1 Å². The van der Waals surface area contributed by atoms with Crippen LogP contribution in [0.15, 0.2) is 23.2 Å². The highest BCUT2D eigenvalue weighted by atomic mass is 32.2. The van der Waals surface area contributed by atoms with E-state index in [1.165, 1.54) is 41.2 Å². The molecule has 1 aromatic carbocycles. The van der Waals surface area contributed by atoms with Crippen molar-refractivity contribution < 1.29 is 32.5 Å². The number of nitro benzene ring substituents is 1. The predicted octanol–water partition coefficient (Wildman–Crippen LogP) is 2.06. The van der Waals surface area contributed by atoms with Crippen LogP contribution in [0.3, 0.4) is 0 Å². The first-order chi connectivity index (χ1) is 18.0. The van der Waals surface area contributed by atoms with Gasteiger partial charge in [-0.3, -0.25) is 19.7 Å². The molecule has 1 aliphatic rings. The number of aromatic nitrogens is 1. The smallest absolute Gasteiger partial charge is 0.341 e. The molecule has 2 heterocycles. The van der Waals surface area contributed by atoms with E-state index in [0.717, 1.165) is 34.6 Å². The highest BCUT2D eigenvalue weighted by Crippen LogP contribution is 2.39. The molecule has 38 heavy (non-hydrogen) atoms. The van der Waals surface area contributed by atoms with Gasteiger partial charge in [0.25, 0.3) is 11.6 Å². The van der Waals surface area contributed by atoms with Crippen molar-refractivity contribution in [2.45, 2.75) is 25.8 Å². The number of thiophene rings is 1. The lowest BCUT2D eigenvalue weighted by Crippen LogP contribution is -2.28. The molecule has 2 aromatic heterocycles. The second-order valence-electron chi connectivity index (χ2n) is 8.22. The Morgan fingerprint density at radius 2 is 2.03 bits per heavy atom. The van der Waals surface area contributed by atoms with Crippen LogP contribution in [0.5, 0.6) is 0 Å². The fourth-order valence-electron chi connectivity index (χ4n) is 4.06. The molecule has 0 saturated heterocycles. The van der Waals surface area contributed by atoms with Crippen molar-refractivity contribution in [2.75, 3.05) is 23.9 Å². The summed E-state index contributed by atoms with van der Waals surface area (Å²) in [6, 6.07) is 4.06. The molecule has 198 valence electrons. The number of methoxy groups -OCH3 is 1. The highest BCUT2D eigenvalue weighted by Gasteiger charge is 2.29. The quantitative estimate of drug-likeness (QED) is 0.184. The van der Waals surface area contributed by atoms with Gasteiger partial charge in [0.05, 0.1) is 34.4 Å². The van der Waals surface area contributed by atoms with Crippen LogP contribution in [0.2, 0.25) is 0 Å². The number of sulfone groups is 1. The molecule has 0 bridgehead atoms. The molecule has 2 amide bonds. The summed E-state index contributed by atoms with van der Waals surface area (Å²) in [7, 11) is -3.01. The molecule has 1 N–H and O–H groups in total. The number of nitrogens with one attached hydrogen (secondary N) is 1. The van der Waals surface area contributed by atoms with Crippen LogP contribution < -0.4 is 10.1 Å². The molecule has 15 heteroatoms. The Balaban J connectivity index is 1.52. The van der Waals surface area contributed by atoms with E-state index in [1.807, 2.05) is 0 Å². The number of terminal acetylenes is 1. The molecule has 12 nitrogen and oxygen atoms in total. The molecule has 0 radical (unpaired) electrons. The van der Waals surface area contributed by atoms with Crippen LogP contribution in [0, 0.1) is 22.5 Å². The molecule has 1 aliphatic carbocycles. The number of anilines is 1. The van der Waals surface area contributed by atoms with Gasteiger partial charge < -0.3 is 14.6 Å². The van der Waals surface area contributed by atoms with E-state index in [4.69, 9.17) is 11.2 Å². The minimum absolute atomic E-state index is 0.00754. The zero-order valence-corrected chi connectivity index (χ0v) is 22.3. The molecule has 0 aliphatic heterocycles. The number of hydrogen-bond acceptors (Lipinski definition) is 10. The number of benzene rings is 1. The fourth-order valence-corrected chi connectivity index (χ4v) is 7.44. The van der Waals surface area contributed by atoms with Crippen molar-refractivity contribution >= 4 is 71.2 Å². The van der Waals surface area contributed by atoms with Gasteiger partial charge >= 0.3 is 5.97 Å². The number of ether oxygens (including phenoxy) is 1. The number of amides is 2. The molecule has 0 atom stereocenters. The van der Waals surface area contributed by atoms with Gasteiger partial charge in [-0.1, -0.05) is 17.3 Å². The van der Waals surface area contributed by atoms with Gasteiger partial charge in [-0.2, -0.15) is 4.99 Å². The molecule has 0 spiro atoms. The average Bonchev–Trinajstić information content (AvgIpc) is 3.50. The summed E-state index contributed by atoms with van der Waals surface area (Å²) in [6.07, 6.45) is 7.68. The predicted molar refractivity (Wildman–Crippen MR) is 141 cm³/mol. The molecular weight excluding hydrogens is 556 g/mol. The Bertz CT molecular complexity index is 1710. The summed E-state index contributed by atoms with van der Waals surface area (Å²) in [5.74, 6) is -2.20. The lowest BCUT2D eigenvalue weighted by atomic mass is 10.1. The third kappa shape index (κ3) is 5.67.